The molecule has 0 aliphatic heterocycles. The number of rotatable bonds is 2. The molecule has 0 radical (unpaired) electrons. The molecule has 0 bridgehead atoms. The Balaban J connectivity index is -0.000000210. The van der Waals surface area contributed by atoms with Crippen molar-refractivity contribution in [1.82, 2.24) is 0 Å². The first-order valence-electron chi connectivity index (χ1n) is 6.13. The Morgan fingerprint density at radius 1 is 0.421 bits per heavy atom. The van der Waals surface area contributed by atoms with Crippen LogP contribution in [0.1, 0.15) is 0 Å². The van der Waals surface area contributed by atoms with Crippen LogP contribution in [0.4, 0.5) is 0 Å². The topological polar surface area (TPSA) is 49.4 Å². The molecular formula is C2Cl26N4P6. The Morgan fingerprint density at radius 2 is 0.553 bits per heavy atom. The monoisotopic (exact) mass is 1180 g/mol. The molecule has 0 aromatic rings. The number of halogens is 26. The van der Waals surface area contributed by atoms with Gasteiger partial charge in [-0.15, -0.1) is 0 Å². The zero-order chi connectivity index (χ0) is 32.8. The van der Waals surface area contributed by atoms with Gasteiger partial charge in [-0.05, 0) is 100 Å². The molecule has 0 rings (SSSR count). The average molecular weight is 1190 g/mol. The van der Waals surface area contributed by atoms with Crippen molar-refractivity contribution in [1.29, 1.82) is 0 Å². The van der Waals surface area contributed by atoms with E-state index in [0.717, 1.165) is 0 Å². The van der Waals surface area contributed by atoms with Gasteiger partial charge in [-0.1, -0.05) is 0 Å². The summed E-state index contributed by atoms with van der Waals surface area (Å²) in [5, 5.41) is -6.55. The maximum absolute atomic E-state index is 5.38. The Kier molecular flexibility index (Phi) is 24.8. The fraction of sp³-hybridized carbons (Fsp3) is 0. The van der Waals surface area contributed by atoms with Gasteiger partial charge in [0.1, 0.15) is 0 Å². The molecular weight excluding hydrogens is 1190 g/mol. The minimum atomic E-state index is -4.82. The van der Waals surface area contributed by atoms with Crippen molar-refractivity contribution >= 4 is 329 Å². The number of nitrogens with zero attached hydrogens (tertiary/aromatic N) is 4. The van der Waals surface area contributed by atoms with Gasteiger partial charge in [0, 0.05) is 0 Å². The number of hydrogen-bond acceptors (Lipinski definition) is 2. The molecule has 0 fully saturated rings. The van der Waals surface area contributed by atoms with Crippen LogP contribution in [-0.2, 0) is 0 Å². The van der Waals surface area contributed by atoms with Crippen LogP contribution < -0.4 is 0 Å². The van der Waals surface area contributed by atoms with Gasteiger partial charge >= 0.3 is 150 Å². The van der Waals surface area contributed by atoms with Crippen LogP contribution in [0.2, 0.25) is 0 Å². The molecule has 0 heterocycles. The summed E-state index contributed by atoms with van der Waals surface area (Å²) in [5.74, 6) is 0. The molecule has 0 amide bonds. The molecule has 0 saturated carbocycles. The van der Waals surface area contributed by atoms with Gasteiger partial charge in [0.15, 0.2) is 67.4 Å². The molecule has 36 heteroatoms. The summed E-state index contributed by atoms with van der Waals surface area (Å²) in [6.07, 6.45) is 0. The van der Waals surface area contributed by atoms with E-state index in [1.54, 1.807) is 0 Å². The maximum atomic E-state index is 5.38. The number of amidine groups is 2. The Labute approximate surface area is 342 Å². The van der Waals surface area contributed by atoms with Crippen molar-refractivity contribution in [3.05, 3.63) is 0 Å². The molecule has 0 unspecified atom stereocenters. The summed E-state index contributed by atoms with van der Waals surface area (Å²) in [6.45, 7) is 0. The second-order valence-electron chi connectivity index (χ2n) is 4.53. The van der Waals surface area contributed by atoms with Crippen LogP contribution >= 0.6 is 318 Å². The van der Waals surface area contributed by atoms with Crippen molar-refractivity contribution in [2.45, 2.75) is 0 Å². The molecule has 0 spiro atoms. The zero-order valence-corrected chi connectivity index (χ0v) is 40.3. The molecule has 0 aliphatic rings. The van der Waals surface area contributed by atoms with Crippen molar-refractivity contribution < 1.29 is 0 Å². The van der Waals surface area contributed by atoms with E-state index in [2.05, 4.69) is 19.0 Å². The van der Waals surface area contributed by atoms with Crippen molar-refractivity contribution in [2.24, 2.45) is 19.0 Å². The van der Waals surface area contributed by atoms with E-state index in [9.17, 15) is 0 Å². The van der Waals surface area contributed by atoms with Gasteiger partial charge in [0.05, 0.1) is 0 Å². The third kappa shape index (κ3) is 104. The third-order valence-electron chi connectivity index (χ3n) is 0.784. The molecule has 38 heavy (non-hydrogen) atoms. The molecule has 0 saturated heterocycles. The van der Waals surface area contributed by atoms with Gasteiger partial charge in [-0.2, -0.15) is 9.49 Å². The summed E-state index contributed by atoms with van der Waals surface area (Å²) >= 11 is 135. The Morgan fingerprint density at radius 3 is 0.632 bits per heavy atom. The van der Waals surface area contributed by atoms with Crippen LogP contribution in [-0.4, -0.2) is 10.6 Å². The van der Waals surface area contributed by atoms with Crippen LogP contribution in [0.15, 0.2) is 19.0 Å². The van der Waals surface area contributed by atoms with Crippen LogP contribution in [0.25, 0.3) is 0 Å². The quantitative estimate of drug-likeness (QED) is 0.115. The van der Waals surface area contributed by atoms with E-state index in [1.165, 1.54) is 0 Å². The van der Waals surface area contributed by atoms with Crippen LogP contribution in [0, 0.1) is 0 Å². The zero-order valence-electron chi connectivity index (χ0n) is 15.3. The molecule has 240 valence electrons. The second kappa shape index (κ2) is 17.5. The Hall–Kier alpha value is 9.06. The van der Waals surface area contributed by atoms with E-state index in [-0.39, 0.29) is 10.6 Å². The van der Waals surface area contributed by atoms with Crippen molar-refractivity contribution in [3.8, 4) is 0 Å². The first-order valence-corrected chi connectivity index (χ1v) is 40.9. The summed E-state index contributed by atoms with van der Waals surface area (Å²) in [7, 11) is 0. The minimum absolute atomic E-state index is 0.336. The van der Waals surface area contributed by atoms with E-state index in [1.807, 2.05) is 0 Å². The molecule has 0 atom stereocenters. The third-order valence-corrected chi connectivity index (χ3v) is 5.98. The van der Waals surface area contributed by atoms with E-state index >= 15 is 0 Å². The first kappa shape index (κ1) is 53.8. The fourth-order valence-corrected chi connectivity index (χ4v) is 6.81. The standard InChI is InChI=1S/2CCl7N2P2.2Cl6P/c2*2-1(9-11(3,4)5)10-12(6,7)8;2*1-7(2,3,4,5)6/q2*+1;2*-1/b9-1+;9-1-;;. The van der Waals surface area contributed by atoms with E-state index in [4.69, 9.17) is 293 Å². The van der Waals surface area contributed by atoms with Gasteiger partial charge in [0.2, 0.25) is 10.2 Å². The predicted molar refractivity (Wildman–Crippen MR) is 213 cm³/mol. The summed E-state index contributed by atoms with van der Waals surface area (Å²) in [6, 6.07) is 0. The molecule has 0 aliphatic carbocycles. The summed E-state index contributed by atoms with van der Waals surface area (Å²) in [5.41, 5.74) is -5.87. The Bertz CT molecular complexity index is 820. The van der Waals surface area contributed by atoms with E-state index in [0.29, 0.717) is 0 Å². The fourth-order valence-electron chi connectivity index (χ4n) is 0.414. The van der Waals surface area contributed by atoms with Gasteiger partial charge in [-0.25, -0.2) is 0 Å². The average Bonchev–Trinajstić information content (AvgIpc) is 2.18. The van der Waals surface area contributed by atoms with Crippen LogP contribution in [0.3, 0.4) is 0 Å². The molecule has 0 N–H and O–H groups in total. The molecule has 0 aromatic carbocycles. The summed E-state index contributed by atoms with van der Waals surface area (Å²) in [4.78, 5) is 0. The predicted octanol–water partition coefficient (Wildman–Crippen LogP) is 23.3. The van der Waals surface area contributed by atoms with Crippen LogP contribution in [0.5, 0.6) is 0 Å². The van der Waals surface area contributed by atoms with Gasteiger partial charge < -0.3 is 0 Å². The normalized spacial score (nSPS) is 17.8. The summed E-state index contributed by atoms with van der Waals surface area (Å²) < 4.78 is 3.92. The van der Waals surface area contributed by atoms with Crippen molar-refractivity contribution in [3.63, 3.8) is 0 Å². The second-order valence-corrected chi connectivity index (χ2v) is 83.0. The molecule has 4 nitrogen and oxygen atoms in total. The molecule has 0 aromatic heterocycles. The first-order chi connectivity index (χ1) is 15.1. The van der Waals surface area contributed by atoms with E-state index < -0.39 is 25.3 Å². The number of hydrogen-bond donors (Lipinski definition) is 0. The SMILES string of the molecule is Cl/C(N=P(Cl)(Cl)Cl)=N/[P+](Cl)(Cl)Cl.Cl/C(N=P(Cl)(Cl)Cl)=N\[P+](Cl)(Cl)Cl.Cl[P-](Cl)(Cl)(Cl)(Cl)Cl.Cl[P-](Cl)(Cl)(Cl)(Cl)Cl. The van der Waals surface area contributed by atoms with Gasteiger partial charge in [-0.3, -0.25) is 0 Å². The van der Waals surface area contributed by atoms with Gasteiger partial charge in [0.25, 0.3) is 10.6 Å². The van der Waals surface area contributed by atoms with Crippen molar-refractivity contribution in [2.75, 3.05) is 0 Å².